The van der Waals surface area contributed by atoms with Crippen LogP contribution in [0, 0.1) is 16.2 Å². The first-order chi connectivity index (χ1) is 12.1. The maximum absolute atomic E-state index is 6.27. The third-order valence-corrected chi connectivity index (χ3v) is 6.31. The number of nitrogens with one attached hydrogen (secondary N) is 1. The summed E-state index contributed by atoms with van der Waals surface area (Å²) < 4.78 is 8.42. The average molecular weight is 712 g/mol. The quantitative estimate of drug-likeness (QED) is 0.396. The Morgan fingerprint density at radius 2 is 1.11 bits per heavy atom. The zero-order valence-electron chi connectivity index (χ0n) is 18.0. The van der Waals surface area contributed by atoms with Crippen LogP contribution in [0.4, 0.5) is 0 Å². The van der Waals surface area contributed by atoms with Crippen LogP contribution in [-0.2, 0) is 4.74 Å². The van der Waals surface area contributed by atoms with Crippen LogP contribution < -0.4 is 22.0 Å². The molecule has 0 saturated heterocycles. The van der Waals surface area contributed by atoms with Crippen LogP contribution in [0.1, 0.15) is 62.3 Å². The van der Waals surface area contributed by atoms with E-state index in [1.54, 1.807) is 0 Å². The molecule has 0 spiro atoms. The summed E-state index contributed by atoms with van der Waals surface area (Å²) in [5.41, 5.74) is 3.33. The van der Waals surface area contributed by atoms with Crippen LogP contribution in [-0.4, -0.2) is 5.71 Å². The van der Waals surface area contributed by atoms with Crippen LogP contribution >= 0.6 is 60.1 Å². The van der Waals surface area contributed by atoms with Crippen molar-refractivity contribution >= 4 is 65.8 Å². The zero-order valence-corrected chi connectivity index (χ0v) is 25.9. The molecule has 0 radical (unpaired) electrons. The molecule has 0 aromatic rings. The summed E-state index contributed by atoms with van der Waals surface area (Å²) in [5, 5.41) is 0. The molecule has 0 aliphatic carbocycles. The lowest BCUT2D eigenvalue weighted by molar-refractivity contribution is -0.392. The predicted octanol–water partition coefficient (Wildman–Crippen LogP) is 4.41. The fourth-order valence-corrected chi connectivity index (χ4v) is 3.97. The lowest BCUT2D eigenvalue weighted by atomic mass is 9.87. The topological polar surface area (TPSA) is 23.2 Å². The summed E-state index contributed by atoms with van der Waals surface area (Å²) in [5.74, 6) is 1.98. The Bertz CT molecular complexity index is 719. The van der Waals surface area contributed by atoms with E-state index in [0.29, 0.717) is 0 Å². The largest absolute Gasteiger partial charge is 1.00 e. The van der Waals surface area contributed by atoms with E-state index in [4.69, 9.17) is 4.74 Å². The minimum Gasteiger partial charge on any atom is -1.00 e. The van der Waals surface area contributed by atoms with Crippen LogP contribution in [0.25, 0.3) is 0 Å². The van der Waals surface area contributed by atoms with Gasteiger partial charge in [-0.05, 0) is 44.0 Å². The molecule has 2 heterocycles. The van der Waals surface area contributed by atoms with Gasteiger partial charge in [-0.1, -0.05) is 62.3 Å². The summed E-state index contributed by atoms with van der Waals surface area (Å²) in [7, 11) is 0. The maximum atomic E-state index is 6.27. The van der Waals surface area contributed by atoms with E-state index in [1.807, 2.05) is 0 Å². The van der Waals surface area contributed by atoms with Gasteiger partial charge in [-0.3, -0.25) is 0 Å². The third-order valence-electron chi connectivity index (χ3n) is 4.19. The van der Waals surface area contributed by atoms with Crippen LogP contribution in [0.15, 0.2) is 43.9 Å². The molecule has 0 bridgehead atoms. The number of allylic oxidation sites excluding steroid dienone is 7. The lowest BCUT2D eigenvalue weighted by Crippen LogP contribution is -3.00. The van der Waals surface area contributed by atoms with Gasteiger partial charge >= 0.3 is 0 Å². The first-order valence-corrected chi connectivity index (χ1v) is 14.1. The first-order valence-electron chi connectivity index (χ1n) is 8.83. The van der Waals surface area contributed by atoms with E-state index in [-0.39, 0.29) is 33.2 Å². The Kier molecular flexibility index (Phi) is 10.7. The van der Waals surface area contributed by atoms with Gasteiger partial charge in [-0.25, -0.2) is 4.99 Å². The van der Waals surface area contributed by atoms with Gasteiger partial charge in [0.1, 0.15) is 20.5 Å². The number of rotatable bonds is 0. The fraction of sp³-hybridized carbons (Fsp3) is 0.571. The van der Waals surface area contributed by atoms with Gasteiger partial charge in [0.15, 0.2) is 0 Å². The number of hydrogen-bond donors (Lipinski definition) is 1. The van der Waals surface area contributed by atoms with Crippen molar-refractivity contribution in [1.82, 2.24) is 0 Å². The van der Waals surface area contributed by atoms with Gasteiger partial charge in [0.05, 0.1) is 5.57 Å². The molecular weight excluding hydrogens is 682 g/mol. The van der Waals surface area contributed by atoms with Gasteiger partial charge in [-0.2, -0.15) is 0 Å². The molecule has 2 aliphatic heterocycles. The molecule has 0 saturated carbocycles. The number of hydrogen-bond acceptors (Lipinski definition) is 1. The molecule has 0 unspecified atom stereocenters. The van der Waals surface area contributed by atoms with Gasteiger partial charge < -0.3 is 21.7 Å². The summed E-state index contributed by atoms with van der Waals surface area (Å²) in [6, 6.07) is 0. The second kappa shape index (κ2) is 10.4. The smallest absolute Gasteiger partial charge is 0.227 e. The predicted molar refractivity (Wildman–Crippen MR) is 131 cm³/mol. The number of halogens is 5. The zero-order chi connectivity index (χ0) is 21.4. The third kappa shape index (κ3) is 6.93. The van der Waals surface area contributed by atoms with Crippen molar-refractivity contribution in [3.8, 4) is 0 Å². The molecule has 7 heteroatoms. The van der Waals surface area contributed by atoms with Crippen LogP contribution in [0.5, 0.6) is 0 Å². The van der Waals surface area contributed by atoms with Gasteiger partial charge in [0, 0.05) is 44.5 Å². The molecule has 0 fully saturated rings. The Morgan fingerprint density at radius 3 is 1.39 bits per heavy atom. The van der Waals surface area contributed by atoms with Gasteiger partial charge in [0.2, 0.25) is 11.4 Å². The highest BCUT2D eigenvalue weighted by Gasteiger charge is 2.38. The van der Waals surface area contributed by atoms with Crippen LogP contribution in [0.3, 0.4) is 0 Å². The highest BCUT2D eigenvalue weighted by atomic mass is 80.9. The van der Waals surface area contributed by atoms with Crippen molar-refractivity contribution in [3.63, 3.8) is 0 Å². The Labute approximate surface area is 213 Å². The standard InChI is InChI=1S/C21H29Br2NO.Br2.BrH/c1-19(2,3)13-10-12(11-14(25-13)20(4,5)6)17-15(22)16(23)18(24-17)21(7,8)9;1-2;/h10-11H,1-9H3;;1H. The van der Waals surface area contributed by atoms with Gasteiger partial charge in [-0.15, -0.1) is 0 Å². The second-order valence-corrected chi connectivity index (χ2v) is 11.4. The molecule has 0 aromatic carbocycles. The van der Waals surface area contributed by atoms with Crippen molar-refractivity contribution in [1.29, 1.82) is 0 Å². The average Bonchev–Trinajstić information content (AvgIpc) is 2.83. The molecular formula is C21H30Br5NO. The van der Waals surface area contributed by atoms with E-state index in [9.17, 15) is 0 Å². The molecule has 160 valence electrons. The lowest BCUT2D eigenvalue weighted by Gasteiger charge is -2.32. The van der Waals surface area contributed by atoms with Crippen molar-refractivity contribution in [2.75, 3.05) is 0 Å². The normalized spacial score (nSPS) is 17.8. The molecule has 2 rings (SSSR count). The Morgan fingerprint density at radius 1 is 0.714 bits per heavy atom. The summed E-state index contributed by atoms with van der Waals surface area (Å²) >= 11 is 13.0. The van der Waals surface area contributed by atoms with Crippen molar-refractivity contribution in [2.24, 2.45) is 16.2 Å². The van der Waals surface area contributed by atoms with Crippen molar-refractivity contribution < 1.29 is 26.7 Å². The van der Waals surface area contributed by atoms with E-state index >= 15 is 0 Å². The molecule has 0 amide bonds. The Hall–Kier alpha value is 0.830. The SMILES string of the molecule is BrBr.CC(C)(C)C1=CC(=C2[NH+]=C(C(C)(C)C)C(Br)=C2Br)C=C(C(C)(C)C)O1.[Br-]. The molecule has 2 nitrogen and oxygen atoms in total. The molecule has 0 atom stereocenters. The second-order valence-electron chi connectivity index (χ2n) is 9.83. The fourth-order valence-electron chi connectivity index (χ4n) is 2.55. The molecule has 2 aliphatic rings. The monoisotopic (exact) mass is 707 g/mol. The first kappa shape index (κ1) is 28.8. The van der Waals surface area contributed by atoms with Crippen molar-refractivity contribution in [2.45, 2.75) is 62.3 Å². The van der Waals surface area contributed by atoms with E-state index in [0.717, 1.165) is 31.8 Å². The minimum atomic E-state index is -0.0564. The highest BCUT2D eigenvalue weighted by molar-refractivity contribution is 9.93. The van der Waals surface area contributed by atoms with Gasteiger partial charge in [0.25, 0.3) is 0 Å². The Balaban J connectivity index is 0.00000235. The summed E-state index contributed by atoms with van der Waals surface area (Å²) in [4.78, 5) is 3.63. The summed E-state index contributed by atoms with van der Waals surface area (Å²) in [6.45, 7) is 19.7. The maximum Gasteiger partial charge on any atom is 0.227 e. The summed E-state index contributed by atoms with van der Waals surface area (Å²) in [6.07, 6.45) is 4.31. The minimum absolute atomic E-state index is 0. The number of ether oxygens (including phenoxy) is 1. The van der Waals surface area contributed by atoms with E-state index in [2.05, 4.69) is 140 Å². The van der Waals surface area contributed by atoms with Crippen LogP contribution in [0.2, 0.25) is 0 Å². The molecule has 0 aromatic heterocycles. The molecule has 28 heavy (non-hydrogen) atoms. The van der Waals surface area contributed by atoms with Crippen molar-refractivity contribution in [3.05, 3.63) is 43.9 Å². The highest BCUT2D eigenvalue weighted by Crippen LogP contribution is 2.41. The molecule has 1 N–H and O–H groups in total. The van der Waals surface area contributed by atoms with E-state index in [1.165, 1.54) is 5.71 Å². The van der Waals surface area contributed by atoms with E-state index < -0.39 is 0 Å².